The molecule has 0 unspecified atom stereocenters. The molecule has 3 aromatic rings. The van der Waals surface area contributed by atoms with Crippen LogP contribution in [-0.4, -0.2) is 7.32 Å². The highest BCUT2D eigenvalue weighted by molar-refractivity contribution is 6.29. The molecule has 1 aromatic carbocycles. The average Bonchev–Trinajstić information content (AvgIpc) is 2.81. The third kappa shape index (κ3) is 8.18. The second-order valence-corrected chi connectivity index (χ2v) is 6.03. The van der Waals surface area contributed by atoms with Gasteiger partial charge in [-0.15, -0.1) is 0 Å². The lowest BCUT2D eigenvalue weighted by Crippen LogP contribution is -2.50. The molecule has 13 heteroatoms. The predicted octanol–water partition coefficient (Wildman–Crippen LogP) is 0.232. The molecule has 0 spiro atoms. The summed E-state index contributed by atoms with van der Waals surface area (Å²) < 4.78 is 69.7. The van der Waals surface area contributed by atoms with Crippen molar-refractivity contribution in [1.82, 2.24) is 0 Å². The Kier molecular flexibility index (Phi) is 10.4. The van der Waals surface area contributed by atoms with Gasteiger partial charge < -0.3 is 14.7 Å². The Bertz CT molecular complexity index is 1080. The lowest BCUT2D eigenvalue weighted by Gasteiger charge is -2.27. The first kappa shape index (κ1) is 27.0. The van der Waals surface area contributed by atoms with E-state index in [1.807, 2.05) is 60.2 Å². The first-order chi connectivity index (χ1) is 15.5. The number of rotatable bonds is 2. The van der Waals surface area contributed by atoms with E-state index in [-0.39, 0.29) is 0 Å². The summed E-state index contributed by atoms with van der Waals surface area (Å²) in [6.07, 6.45) is 7.38. The molecule has 0 aliphatic heterocycles. The smallest absolute Gasteiger partial charge is 0.205 e. The van der Waals surface area contributed by atoms with Crippen molar-refractivity contribution >= 4 is 7.32 Å². The minimum atomic E-state index is -3.20. The van der Waals surface area contributed by atoms with Crippen molar-refractivity contribution < 1.29 is 45.8 Å². The van der Waals surface area contributed by atoms with Gasteiger partial charge >= 0.3 is 0 Å². The van der Waals surface area contributed by atoms with E-state index in [9.17, 15) is 32.0 Å². The summed E-state index contributed by atoms with van der Waals surface area (Å²) in [5.41, 5.74) is 1.40. The summed E-state index contributed by atoms with van der Waals surface area (Å²) >= 11 is 0. The van der Waals surface area contributed by atoms with Crippen LogP contribution in [0, 0.1) is 51.7 Å². The maximum Gasteiger partial charge on any atom is 0.205 e. The maximum atomic E-state index is 12.6. The van der Waals surface area contributed by atoms with Crippen molar-refractivity contribution in [1.29, 1.82) is 10.5 Å². The van der Waals surface area contributed by atoms with Gasteiger partial charge in [0.1, 0.15) is 21.4 Å². The first-order valence-electron chi connectivity index (χ1n) is 8.72. The maximum absolute atomic E-state index is 12.6. The fourth-order valence-corrected chi connectivity index (χ4v) is 1.94. The van der Waals surface area contributed by atoms with Crippen LogP contribution in [0.15, 0.2) is 49.1 Å². The van der Waals surface area contributed by atoms with Gasteiger partial charge in [0.05, 0.1) is 23.3 Å². The second kappa shape index (κ2) is 12.7. The molecule has 0 saturated heterocycles. The van der Waals surface area contributed by atoms with Gasteiger partial charge in [-0.2, -0.15) is 19.3 Å². The Morgan fingerprint density at radius 2 is 1.00 bits per heavy atom. The second-order valence-electron chi connectivity index (χ2n) is 6.03. The van der Waals surface area contributed by atoms with Gasteiger partial charge in [-0.25, -0.2) is 22.3 Å². The number of pyridine rings is 2. The zero-order valence-corrected chi connectivity index (χ0v) is 17.1. The van der Waals surface area contributed by atoms with Gasteiger partial charge in [-0.05, 0) is 0 Å². The molecule has 0 bridgehead atoms. The molecule has 0 radical (unpaired) electrons. The Morgan fingerprint density at radius 3 is 1.27 bits per heavy atom. The quantitative estimate of drug-likeness (QED) is 0.177. The lowest BCUT2D eigenvalue weighted by atomic mass is 10.2. The lowest BCUT2D eigenvalue weighted by molar-refractivity contribution is -0.671. The van der Waals surface area contributed by atoms with E-state index in [1.165, 1.54) is 0 Å². The van der Waals surface area contributed by atoms with E-state index in [2.05, 4.69) is 4.65 Å². The molecule has 2 aromatic heterocycles. The van der Waals surface area contributed by atoms with Gasteiger partial charge in [0.2, 0.25) is 29.1 Å². The van der Waals surface area contributed by atoms with Crippen molar-refractivity contribution in [2.24, 2.45) is 14.1 Å². The Morgan fingerprint density at radius 1 is 0.697 bits per heavy atom. The molecule has 0 amide bonds. The van der Waals surface area contributed by atoms with E-state index < -0.39 is 42.2 Å². The summed E-state index contributed by atoms with van der Waals surface area (Å²) in [6.45, 7) is 0. The molecule has 0 saturated carbocycles. The van der Waals surface area contributed by atoms with Crippen LogP contribution in [0.4, 0.5) is 22.0 Å². The number of nitrogens with zero attached hydrogens (tertiary/aromatic N) is 4. The fraction of sp³-hybridized carbons (Fsp3) is 0.100. The highest BCUT2D eigenvalue weighted by atomic mass is 19.2. The molecule has 0 atom stereocenters. The van der Waals surface area contributed by atoms with E-state index >= 15 is 0 Å². The van der Waals surface area contributed by atoms with Gasteiger partial charge in [0.15, 0.2) is 30.5 Å². The first-order valence-corrected chi connectivity index (χ1v) is 8.72. The van der Waals surface area contributed by atoms with Crippen LogP contribution >= 0.6 is 0 Å². The number of aryl methyl sites for hydroxylation is 2. The molecule has 0 aliphatic carbocycles. The molecular formula is C20H14BF5N4O3. The van der Waals surface area contributed by atoms with E-state index in [0.29, 0.717) is 11.1 Å². The van der Waals surface area contributed by atoms with Crippen LogP contribution in [0.25, 0.3) is 0 Å². The molecule has 0 aliphatic rings. The zero-order chi connectivity index (χ0) is 25.1. The van der Waals surface area contributed by atoms with Crippen molar-refractivity contribution in [3.05, 3.63) is 89.3 Å². The van der Waals surface area contributed by atoms with Gasteiger partial charge in [-0.1, -0.05) is 0 Å². The number of benzene rings is 1. The Labute approximate surface area is 185 Å². The average molecular weight is 464 g/mol. The Hall–Kier alpha value is -4.07. The summed E-state index contributed by atoms with van der Waals surface area (Å²) in [5.74, 6) is -13.6. The third-order valence-corrected chi connectivity index (χ3v) is 3.60. The highest BCUT2D eigenvalue weighted by Gasteiger charge is 2.26. The largest absolute Gasteiger partial charge is 0.860 e. The molecule has 3 rings (SSSR count). The summed E-state index contributed by atoms with van der Waals surface area (Å²) in [4.78, 5) is 0. The van der Waals surface area contributed by atoms with Crippen LogP contribution in [0.2, 0.25) is 0 Å². The topological polar surface area (TPSA) is 111 Å². The van der Waals surface area contributed by atoms with Crippen molar-refractivity contribution in [2.45, 2.75) is 0 Å². The molecule has 0 N–H and O–H groups in total. The molecule has 7 nitrogen and oxygen atoms in total. The van der Waals surface area contributed by atoms with Crippen molar-refractivity contribution in [3.63, 3.8) is 0 Å². The molecule has 33 heavy (non-hydrogen) atoms. The van der Waals surface area contributed by atoms with Crippen molar-refractivity contribution in [2.75, 3.05) is 0 Å². The molecule has 170 valence electrons. The SMILES string of the molecule is C[n+]1ccc(C#N)cc1.C[n+]1ccc(C#N)cc1.[O-]B([O-])Oc1c(F)c(F)c(F)c(F)c1F. The van der Waals surface area contributed by atoms with Gasteiger partial charge in [0, 0.05) is 24.3 Å². The normalized spacial score (nSPS) is 9.30. The number of halogens is 5. The predicted molar refractivity (Wildman–Crippen MR) is 97.3 cm³/mol. The van der Waals surface area contributed by atoms with Crippen LogP contribution in [0.3, 0.4) is 0 Å². The fourth-order valence-electron chi connectivity index (χ4n) is 1.94. The van der Waals surface area contributed by atoms with E-state index in [1.54, 1.807) is 24.3 Å². The number of hydrogen-bond acceptors (Lipinski definition) is 5. The standard InChI is InChI=1S/2C7H7N2.C6BF5O3/c2*1-9-4-2-7(6-8)3-5-9;8-1-2(9)4(11)6(15-7(13)14)5(12)3(1)10/h2*2-5H,1H3;/q2*+1;-2. The monoisotopic (exact) mass is 464 g/mol. The molecule has 0 fully saturated rings. The van der Waals surface area contributed by atoms with E-state index in [0.717, 1.165) is 0 Å². The molecular weight excluding hydrogens is 450 g/mol. The summed E-state index contributed by atoms with van der Waals surface area (Å²) in [5, 5.41) is 36.5. The van der Waals surface area contributed by atoms with Crippen LogP contribution in [0.5, 0.6) is 5.75 Å². The zero-order valence-electron chi connectivity index (χ0n) is 17.1. The minimum absolute atomic E-state index is 0.702. The minimum Gasteiger partial charge on any atom is -0.860 e. The number of hydrogen-bond donors (Lipinski definition) is 0. The molecule has 2 heterocycles. The highest BCUT2D eigenvalue weighted by Crippen LogP contribution is 2.28. The van der Waals surface area contributed by atoms with Crippen LogP contribution in [-0.2, 0) is 14.1 Å². The third-order valence-electron chi connectivity index (χ3n) is 3.60. The summed E-state index contributed by atoms with van der Waals surface area (Å²) in [6, 6.07) is 11.2. The van der Waals surface area contributed by atoms with Gasteiger partial charge in [-0.3, -0.25) is 0 Å². The van der Waals surface area contributed by atoms with E-state index in [4.69, 9.17) is 10.5 Å². The summed E-state index contributed by atoms with van der Waals surface area (Å²) in [7, 11) is 0.640. The van der Waals surface area contributed by atoms with Gasteiger partial charge in [0.25, 0.3) is 0 Å². The number of aromatic nitrogens is 2. The van der Waals surface area contributed by atoms with Crippen LogP contribution in [0.1, 0.15) is 11.1 Å². The Balaban J connectivity index is 0.000000261. The number of nitriles is 2. The van der Waals surface area contributed by atoms with Crippen LogP contribution < -0.4 is 23.8 Å². The van der Waals surface area contributed by atoms with Crippen molar-refractivity contribution in [3.8, 4) is 17.9 Å².